The summed E-state index contributed by atoms with van der Waals surface area (Å²) >= 11 is 18.7. The second kappa shape index (κ2) is 6.86. The van der Waals surface area contributed by atoms with Crippen LogP contribution in [0.5, 0.6) is 5.75 Å². The number of hydrogen-bond donors (Lipinski definition) is 0. The predicted molar refractivity (Wildman–Crippen MR) is 88.8 cm³/mol. The number of carbonyl (C=O) groups is 1. The van der Waals surface area contributed by atoms with Gasteiger partial charge in [0, 0.05) is 20.0 Å². The van der Waals surface area contributed by atoms with E-state index in [0.29, 0.717) is 12.3 Å². The van der Waals surface area contributed by atoms with Crippen LogP contribution in [0.4, 0.5) is 0 Å². The van der Waals surface area contributed by atoms with Crippen LogP contribution >= 0.6 is 46.6 Å². The second-order valence-corrected chi connectivity index (χ2v) is 9.04. The molecule has 0 aliphatic carbocycles. The molecule has 1 aliphatic rings. The summed E-state index contributed by atoms with van der Waals surface area (Å²) in [5.74, 6) is 0.798. The first-order chi connectivity index (χ1) is 9.80. The van der Waals surface area contributed by atoms with Gasteiger partial charge in [-0.25, -0.2) is 0 Å². The monoisotopic (exact) mass is 367 g/mol. The number of thioether (sulfide) groups is 1. The largest absolute Gasteiger partial charge is 0.496 e. The van der Waals surface area contributed by atoms with E-state index in [1.807, 2.05) is 17.0 Å². The average molecular weight is 369 g/mol. The molecular formula is C14H16Cl3NO2S. The van der Waals surface area contributed by atoms with Crippen molar-refractivity contribution in [2.45, 2.75) is 27.8 Å². The van der Waals surface area contributed by atoms with E-state index in [0.717, 1.165) is 36.0 Å². The van der Waals surface area contributed by atoms with Crippen LogP contribution in [0.2, 0.25) is 0 Å². The maximum absolute atomic E-state index is 11.5. The highest BCUT2D eigenvalue weighted by Crippen LogP contribution is 2.47. The molecule has 0 spiro atoms. The van der Waals surface area contributed by atoms with Gasteiger partial charge in [0.1, 0.15) is 5.75 Å². The minimum atomic E-state index is -1.43. The minimum Gasteiger partial charge on any atom is -0.496 e. The Morgan fingerprint density at radius 2 is 1.81 bits per heavy atom. The standard InChI is InChI=1S/C14H16Cl3NO2S/c1-9(19)18-5-3-10-7-12(20-2)13(21-14(15,16)17)8-11(10)4-6-18/h7-8H,3-6H2,1-2H3. The number of halogens is 3. The number of ether oxygens (including phenoxy) is 1. The van der Waals surface area contributed by atoms with E-state index in [-0.39, 0.29) is 5.91 Å². The van der Waals surface area contributed by atoms with E-state index in [2.05, 4.69) is 0 Å². The van der Waals surface area contributed by atoms with E-state index in [9.17, 15) is 4.79 Å². The molecule has 0 aromatic heterocycles. The molecule has 0 saturated heterocycles. The number of alkyl halides is 3. The lowest BCUT2D eigenvalue weighted by molar-refractivity contribution is -0.128. The molecule has 1 amide bonds. The van der Waals surface area contributed by atoms with Gasteiger partial charge in [-0.3, -0.25) is 4.79 Å². The van der Waals surface area contributed by atoms with Gasteiger partial charge < -0.3 is 9.64 Å². The van der Waals surface area contributed by atoms with Gasteiger partial charge in [0.2, 0.25) is 9.03 Å². The molecule has 0 N–H and O–H groups in total. The fourth-order valence-corrected chi connectivity index (χ4v) is 3.85. The zero-order valence-electron chi connectivity index (χ0n) is 11.8. The number of amides is 1. The van der Waals surface area contributed by atoms with E-state index in [4.69, 9.17) is 39.5 Å². The Labute approximate surface area is 143 Å². The molecule has 1 aliphatic heterocycles. The van der Waals surface area contributed by atoms with Gasteiger partial charge >= 0.3 is 0 Å². The maximum atomic E-state index is 11.5. The van der Waals surface area contributed by atoms with Gasteiger partial charge in [-0.15, -0.1) is 0 Å². The molecule has 7 heteroatoms. The highest BCUT2D eigenvalue weighted by Gasteiger charge is 2.25. The van der Waals surface area contributed by atoms with Gasteiger partial charge in [-0.1, -0.05) is 46.6 Å². The van der Waals surface area contributed by atoms with E-state index >= 15 is 0 Å². The number of benzene rings is 1. The van der Waals surface area contributed by atoms with Crippen LogP contribution < -0.4 is 4.74 Å². The molecule has 21 heavy (non-hydrogen) atoms. The molecule has 0 atom stereocenters. The summed E-state index contributed by atoms with van der Waals surface area (Å²) in [6.45, 7) is 3.04. The maximum Gasteiger partial charge on any atom is 0.242 e. The van der Waals surface area contributed by atoms with Crippen molar-refractivity contribution >= 4 is 52.5 Å². The summed E-state index contributed by atoms with van der Waals surface area (Å²) in [4.78, 5) is 14.2. The van der Waals surface area contributed by atoms with Gasteiger partial charge in [0.15, 0.2) is 0 Å². The molecule has 116 valence electrons. The first kappa shape index (κ1) is 17.1. The van der Waals surface area contributed by atoms with Crippen molar-refractivity contribution in [2.24, 2.45) is 0 Å². The molecule has 0 fully saturated rings. The number of rotatable bonds is 2. The molecule has 1 aromatic rings. The lowest BCUT2D eigenvalue weighted by Crippen LogP contribution is -2.30. The third-order valence-corrected chi connectivity index (χ3v) is 4.92. The molecule has 2 rings (SSSR count). The summed E-state index contributed by atoms with van der Waals surface area (Å²) in [6, 6.07) is 3.99. The first-order valence-electron chi connectivity index (χ1n) is 6.51. The van der Waals surface area contributed by atoms with E-state index in [1.165, 1.54) is 11.1 Å². The quantitative estimate of drug-likeness (QED) is 0.582. The Morgan fingerprint density at radius 1 is 1.24 bits per heavy atom. The molecule has 1 aromatic carbocycles. The summed E-state index contributed by atoms with van der Waals surface area (Å²) < 4.78 is 3.96. The van der Waals surface area contributed by atoms with Crippen LogP contribution in [0.3, 0.4) is 0 Å². The molecule has 0 saturated carbocycles. The summed E-state index contributed by atoms with van der Waals surface area (Å²) in [7, 11) is 1.60. The normalized spacial score (nSPS) is 15.4. The number of carbonyl (C=O) groups excluding carboxylic acids is 1. The molecule has 0 bridgehead atoms. The summed E-state index contributed by atoms with van der Waals surface area (Å²) in [5.41, 5.74) is 2.36. The molecule has 0 radical (unpaired) electrons. The first-order valence-corrected chi connectivity index (χ1v) is 8.46. The Bertz CT molecular complexity index is 546. The fourth-order valence-electron chi connectivity index (χ4n) is 2.41. The van der Waals surface area contributed by atoms with Crippen molar-refractivity contribution in [1.82, 2.24) is 4.90 Å². The van der Waals surface area contributed by atoms with Gasteiger partial charge in [-0.2, -0.15) is 0 Å². The van der Waals surface area contributed by atoms with Crippen LogP contribution in [0, 0.1) is 0 Å². The Hall–Kier alpha value is -0.290. The Kier molecular flexibility index (Phi) is 5.58. The van der Waals surface area contributed by atoms with Crippen molar-refractivity contribution in [1.29, 1.82) is 0 Å². The molecule has 3 nitrogen and oxygen atoms in total. The van der Waals surface area contributed by atoms with E-state index < -0.39 is 3.12 Å². The van der Waals surface area contributed by atoms with Crippen LogP contribution in [0.15, 0.2) is 17.0 Å². The van der Waals surface area contributed by atoms with Crippen LogP contribution in [-0.2, 0) is 17.6 Å². The van der Waals surface area contributed by atoms with Crippen LogP contribution in [-0.4, -0.2) is 34.1 Å². The number of methoxy groups -OCH3 is 1. The van der Waals surface area contributed by atoms with Crippen molar-refractivity contribution in [2.75, 3.05) is 20.2 Å². The van der Waals surface area contributed by atoms with Crippen LogP contribution in [0.25, 0.3) is 0 Å². The lowest BCUT2D eigenvalue weighted by Gasteiger charge is -2.17. The summed E-state index contributed by atoms with van der Waals surface area (Å²) in [6.07, 6.45) is 1.61. The summed E-state index contributed by atoms with van der Waals surface area (Å²) in [5, 5.41) is 0. The number of fused-ring (bicyclic) bond motifs is 1. The third-order valence-electron chi connectivity index (χ3n) is 3.46. The molecule has 0 unspecified atom stereocenters. The predicted octanol–water partition coefficient (Wildman–Crippen LogP) is 4.06. The van der Waals surface area contributed by atoms with Gasteiger partial charge in [0.05, 0.1) is 12.0 Å². The average Bonchev–Trinajstić information content (AvgIpc) is 2.58. The SMILES string of the molecule is COc1cc2c(cc1SC(Cl)(Cl)Cl)CCN(C(C)=O)CC2. The molecule has 1 heterocycles. The van der Waals surface area contributed by atoms with Crippen LogP contribution in [0.1, 0.15) is 18.1 Å². The van der Waals surface area contributed by atoms with E-state index in [1.54, 1.807) is 14.0 Å². The second-order valence-electron chi connectivity index (χ2n) is 4.83. The highest BCUT2D eigenvalue weighted by atomic mass is 35.6. The lowest BCUT2D eigenvalue weighted by atomic mass is 10.0. The molecular weight excluding hydrogens is 353 g/mol. The van der Waals surface area contributed by atoms with Crippen molar-refractivity contribution in [3.8, 4) is 5.75 Å². The Balaban J connectivity index is 2.31. The van der Waals surface area contributed by atoms with Gasteiger partial charge in [-0.05, 0) is 36.1 Å². The fraction of sp³-hybridized carbons (Fsp3) is 0.500. The minimum absolute atomic E-state index is 0.102. The smallest absolute Gasteiger partial charge is 0.242 e. The number of nitrogens with zero attached hydrogens (tertiary/aromatic N) is 1. The topological polar surface area (TPSA) is 29.5 Å². The van der Waals surface area contributed by atoms with Crippen molar-refractivity contribution in [3.63, 3.8) is 0 Å². The highest BCUT2D eigenvalue weighted by molar-refractivity contribution is 8.04. The third kappa shape index (κ3) is 4.59. The number of hydrogen-bond acceptors (Lipinski definition) is 3. The zero-order chi connectivity index (χ0) is 15.6. The zero-order valence-corrected chi connectivity index (χ0v) is 14.9. The van der Waals surface area contributed by atoms with Gasteiger partial charge in [0.25, 0.3) is 0 Å². The Morgan fingerprint density at radius 3 is 2.29 bits per heavy atom. The van der Waals surface area contributed by atoms with Crippen molar-refractivity contribution in [3.05, 3.63) is 23.3 Å². The van der Waals surface area contributed by atoms with Crippen molar-refractivity contribution < 1.29 is 9.53 Å².